The van der Waals surface area contributed by atoms with Crippen molar-refractivity contribution in [2.45, 2.75) is 33.2 Å². The highest BCUT2D eigenvalue weighted by atomic mass is 31.2. The third kappa shape index (κ3) is 4.07. The van der Waals surface area contributed by atoms with Crippen LogP contribution in [0.25, 0.3) is 0 Å². The van der Waals surface area contributed by atoms with Crippen molar-refractivity contribution in [1.29, 1.82) is 0 Å². The minimum Gasteiger partial charge on any atom is -0.354 e. The van der Waals surface area contributed by atoms with Gasteiger partial charge in [0.15, 0.2) is 0 Å². The van der Waals surface area contributed by atoms with Crippen molar-refractivity contribution in [3.05, 3.63) is 18.3 Å². The van der Waals surface area contributed by atoms with Gasteiger partial charge in [-0.15, -0.1) is 0 Å². The van der Waals surface area contributed by atoms with Gasteiger partial charge in [0, 0.05) is 31.4 Å². The summed E-state index contributed by atoms with van der Waals surface area (Å²) in [4.78, 5) is 6.69. The fourth-order valence-corrected chi connectivity index (χ4v) is 4.10. The average Bonchev–Trinajstić information content (AvgIpc) is 2.47. The molecule has 0 amide bonds. The van der Waals surface area contributed by atoms with Gasteiger partial charge in [-0.2, -0.15) is 0 Å². The van der Waals surface area contributed by atoms with Crippen LogP contribution in [0.2, 0.25) is 0 Å². The van der Waals surface area contributed by atoms with Crippen molar-refractivity contribution < 1.29 is 13.6 Å². The highest BCUT2D eigenvalue weighted by Gasteiger charge is 2.29. The maximum atomic E-state index is 12.7. The molecule has 6 nitrogen and oxygen atoms in total. The lowest BCUT2D eigenvalue weighted by molar-refractivity contribution is 0.230. The highest BCUT2D eigenvalue weighted by molar-refractivity contribution is 7.62. The smallest absolute Gasteiger partial charge is 0.354 e. The molecule has 1 aliphatic rings. The van der Waals surface area contributed by atoms with Crippen molar-refractivity contribution in [2.24, 2.45) is 0 Å². The third-order valence-corrected chi connectivity index (χ3v) is 5.64. The maximum absolute atomic E-state index is 12.7. The number of aromatic nitrogens is 1. The largest absolute Gasteiger partial charge is 0.362 e. The fourth-order valence-electron chi connectivity index (χ4n) is 2.59. The van der Waals surface area contributed by atoms with E-state index < -0.39 is 7.60 Å². The van der Waals surface area contributed by atoms with Crippen LogP contribution in [0, 0.1) is 0 Å². The molecule has 2 rings (SSSR count). The molecule has 0 atom stereocenters. The van der Waals surface area contributed by atoms with Gasteiger partial charge in [0.2, 0.25) is 0 Å². The Kier molecular flexibility index (Phi) is 5.61. The molecule has 0 radical (unpaired) electrons. The van der Waals surface area contributed by atoms with Crippen LogP contribution in [0.3, 0.4) is 0 Å². The van der Waals surface area contributed by atoms with E-state index in [0.717, 1.165) is 25.5 Å². The normalized spacial score (nSPS) is 18.5. The molecule has 1 fully saturated rings. The van der Waals surface area contributed by atoms with Crippen molar-refractivity contribution in [3.8, 4) is 0 Å². The quantitative estimate of drug-likeness (QED) is 0.808. The second kappa shape index (κ2) is 7.09. The molecule has 7 heteroatoms. The maximum Gasteiger partial charge on any atom is 0.362 e. The molecular weight excluding hydrogens is 301 g/mol. The molecule has 1 aromatic heterocycles. The van der Waals surface area contributed by atoms with Gasteiger partial charge in [-0.05, 0) is 39.8 Å². The molecule has 1 N–H and O–H groups in total. The van der Waals surface area contributed by atoms with Crippen LogP contribution in [0.15, 0.2) is 18.3 Å². The lowest BCUT2D eigenvalue weighted by Gasteiger charge is -2.39. The van der Waals surface area contributed by atoms with Crippen LogP contribution in [0.5, 0.6) is 0 Å². The van der Waals surface area contributed by atoms with E-state index >= 15 is 0 Å². The SMILES string of the molecule is CCOP(=O)(OCC)c1ccc(N2CCNC(C)(C)C2)nc1. The molecule has 124 valence electrons. The minimum absolute atomic E-state index is 0.0601. The van der Waals surface area contributed by atoms with Crippen molar-refractivity contribution >= 4 is 18.7 Å². The summed E-state index contributed by atoms with van der Waals surface area (Å²) >= 11 is 0. The number of nitrogens with zero attached hydrogens (tertiary/aromatic N) is 2. The lowest BCUT2D eigenvalue weighted by Crippen LogP contribution is -2.57. The summed E-state index contributed by atoms with van der Waals surface area (Å²) in [5, 5.41) is 3.98. The van der Waals surface area contributed by atoms with Crippen molar-refractivity contribution in [2.75, 3.05) is 37.7 Å². The van der Waals surface area contributed by atoms with Crippen LogP contribution in [-0.2, 0) is 13.6 Å². The number of nitrogens with one attached hydrogen (secondary N) is 1. The summed E-state index contributed by atoms with van der Waals surface area (Å²) in [6, 6.07) is 3.69. The summed E-state index contributed by atoms with van der Waals surface area (Å²) in [6.45, 7) is 11.3. The molecule has 0 aliphatic carbocycles. The first-order chi connectivity index (χ1) is 10.4. The molecule has 2 heterocycles. The van der Waals surface area contributed by atoms with Gasteiger partial charge in [0.1, 0.15) is 5.82 Å². The first-order valence-electron chi connectivity index (χ1n) is 7.76. The third-order valence-electron chi connectivity index (χ3n) is 3.54. The summed E-state index contributed by atoms with van der Waals surface area (Å²) in [6.07, 6.45) is 1.61. The molecule has 0 unspecified atom stereocenters. The van der Waals surface area contributed by atoms with E-state index in [1.807, 2.05) is 6.07 Å². The zero-order chi connectivity index (χ0) is 16.2. The molecule has 0 saturated carbocycles. The number of pyridine rings is 1. The Morgan fingerprint density at radius 3 is 2.50 bits per heavy atom. The monoisotopic (exact) mass is 327 g/mol. The van der Waals surface area contributed by atoms with E-state index in [9.17, 15) is 4.57 Å². The van der Waals surface area contributed by atoms with Gasteiger partial charge >= 0.3 is 7.60 Å². The standard InChI is InChI=1S/C15H26N3O3P/c1-5-20-22(19,21-6-2)13-7-8-14(16-11-13)18-10-9-17-15(3,4)12-18/h7-8,11,17H,5-6,9-10,12H2,1-4H3. The van der Waals surface area contributed by atoms with Gasteiger partial charge in [-0.1, -0.05) is 0 Å². The van der Waals surface area contributed by atoms with Crippen molar-refractivity contribution in [3.63, 3.8) is 0 Å². The molecular formula is C15H26N3O3P. The van der Waals surface area contributed by atoms with Crippen LogP contribution >= 0.6 is 7.60 Å². The first kappa shape index (κ1) is 17.4. The van der Waals surface area contributed by atoms with E-state index in [0.29, 0.717) is 18.5 Å². The number of rotatable bonds is 6. The summed E-state index contributed by atoms with van der Waals surface area (Å²) in [7, 11) is -3.25. The Hall–Kier alpha value is -0.940. The number of anilines is 1. The Morgan fingerprint density at radius 2 is 2.00 bits per heavy atom. The molecule has 22 heavy (non-hydrogen) atoms. The van der Waals surface area contributed by atoms with E-state index in [4.69, 9.17) is 9.05 Å². The van der Waals surface area contributed by atoms with Crippen LogP contribution in [0.1, 0.15) is 27.7 Å². The molecule has 0 aromatic carbocycles. The average molecular weight is 327 g/mol. The van der Waals surface area contributed by atoms with Crippen molar-refractivity contribution in [1.82, 2.24) is 10.3 Å². The van der Waals surface area contributed by atoms with Gasteiger partial charge in [-0.3, -0.25) is 4.57 Å². The predicted octanol–water partition coefficient (Wildman–Crippen LogP) is 2.16. The lowest BCUT2D eigenvalue weighted by atomic mass is 10.0. The predicted molar refractivity (Wildman–Crippen MR) is 89.0 cm³/mol. The zero-order valence-electron chi connectivity index (χ0n) is 13.8. The Balaban J connectivity index is 2.17. The highest BCUT2D eigenvalue weighted by Crippen LogP contribution is 2.46. The van der Waals surface area contributed by atoms with Gasteiger partial charge in [-0.25, -0.2) is 4.98 Å². The van der Waals surface area contributed by atoms with Gasteiger partial charge in [0.05, 0.1) is 18.5 Å². The Bertz CT molecular complexity index is 523. The van der Waals surface area contributed by atoms with E-state index in [2.05, 4.69) is 29.0 Å². The molecule has 1 saturated heterocycles. The minimum atomic E-state index is -3.25. The van der Waals surface area contributed by atoms with E-state index in [-0.39, 0.29) is 5.54 Å². The summed E-state index contributed by atoms with van der Waals surface area (Å²) < 4.78 is 23.4. The Labute approximate surface area is 132 Å². The number of piperazine rings is 1. The second-order valence-electron chi connectivity index (χ2n) is 5.94. The molecule has 0 spiro atoms. The van der Waals surface area contributed by atoms with Crippen LogP contribution in [-0.4, -0.2) is 43.4 Å². The first-order valence-corrected chi connectivity index (χ1v) is 9.30. The Morgan fingerprint density at radius 1 is 1.32 bits per heavy atom. The fraction of sp³-hybridized carbons (Fsp3) is 0.667. The van der Waals surface area contributed by atoms with Gasteiger partial charge < -0.3 is 19.3 Å². The zero-order valence-corrected chi connectivity index (χ0v) is 14.7. The summed E-state index contributed by atoms with van der Waals surface area (Å²) in [5.74, 6) is 0.887. The van der Waals surface area contributed by atoms with E-state index in [1.54, 1.807) is 26.1 Å². The van der Waals surface area contributed by atoms with Crippen LogP contribution in [0.4, 0.5) is 5.82 Å². The topological polar surface area (TPSA) is 63.7 Å². The van der Waals surface area contributed by atoms with E-state index in [1.165, 1.54) is 0 Å². The number of hydrogen-bond acceptors (Lipinski definition) is 6. The van der Waals surface area contributed by atoms with Crippen LogP contribution < -0.4 is 15.5 Å². The molecule has 0 bridgehead atoms. The second-order valence-corrected chi connectivity index (χ2v) is 7.97. The molecule has 1 aromatic rings. The summed E-state index contributed by atoms with van der Waals surface area (Å²) in [5.41, 5.74) is 0.0601. The number of hydrogen-bond donors (Lipinski definition) is 1. The molecule has 1 aliphatic heterocycles. The van der Waals surface area contributed by atoms with Gasteiger partial charge in [0.25, 0.3) is 0 Å².